The van der Waals surface area contributed by atoms with Crippen LogP contribution in [0, 0.1) is 11.8 Å². The lowest BCUT2D eigenvalue weighted by Gasteiger charge is -2.35. The number of rotatable bonds is 26. The topological polar surface area (TPSA) is 215 Å². The summed E-state index contributed by atoms with van der Waals surface area (Å²) in [4.78, 5) is 60.0. The van der Waals surface area contributed by atoms with E-state index in [0.717, 1.165) is 30.9 Å². The maximum absolute atomic E-state index is 14.0. The number of carbonyl (C=O) groups excluding carboxylic acids is 2. The fourth-order valence-electron chi connectivity index (χ4n) is 9.87. The Balaban J connectivity index is 0.827. The smallest absolute Gasteiger partial charge is 0.322 e. The van der Waals surface area contributed by atoms with Crippen LogP contribution in [-0.4, -0.2) is 196 Å². The molecule has 2 aliphatic rings. The molecular formula is C58H72N6O12S2. The number of hydrogen-bond acceptors (Lipinski definition) is 12. The van der Waals surface area contributed by atoms with Crippen LogP contribution < -0.4 is 0 Å². The number of hydrogen-bond donors (Lipinski definition) is 2. The zero-order valence-corrected chi connectivity index (χ0v) is 46.4. The molecule has 5 aromatic rings. The number of nitrogens with zero attached hydrogens (tertiary/aromatic N) is 6. The lowest BCUT2D eigenvalue weighted by atomic mass is 10.1. The van der Waals surface area contributed by atoms with Gasteiger partial charge in [-0.05, 0) is 76.6 Å². The normalized spacial score (nSPS) is 15.7. The minimum absolute atomic E-state index is 0.00396. The summed E-state index contributed by atoms with van der Waals surface area (Å²) in [6.45, 7) is 12.1. The first-order valence-electron chi connectivity index (χ1n) is 26.5. The summed E-state index contributed by atoms with van der Waals surface area (Å²) in [7, 11) is -8.40. The van der Waals surface area contributed by atoms with Gasteiger partial charge in [0.15, 0.2) is 0 Å². The molecule has 0 aromatic heterocycles. The lowest BCUT2D eigenvalue weighted by Crippen LogP contribution is -2.50. The minimum Gasteiger partial charge on any atom is -0.480 e. The van der Waals surface area contributed by atoms with Gasteiger partial charge in [-0.3, -0.25) is 29.0 Å². The molecule has 2 N–H and O–H groups in total. The molecule has 2 aliphatic heterocycles. The van der Waals surface area contributed by atoms with E-state index in [9.17, 15) is 46.2 Å². The number of piperazine rings is 2. The Morgan fingerprint density at radius 2 is 0.795 bits per heavy atom. The Bertz CT molecular complexity index is 2810. The Morgan fingerprint density at radius 3 is 1.12 bits per heavy atom. The molecule has 2 fully saturated rings. The van der Waals surface area contributed by atoms with Gasteiger partial charge in [0.2, 0.25) is 20.0 Å². The first kappa shape index (κ1) is 59.3. The second kappa shape index (κ2) is 27.5. The predicted molar refractivity (Wildman–Crippen MR) is 297 cm³/mol. The van der Waals surface area contributed by atoms with Crippen molar-refractivity contribution in [1.29, 1.82) is 0 Å². The summed E-state index contributed by atoms with van der Waals surface area (Å²) in [5, 5.41) is 20.2. The van der Waals surface area contributed by atoms with Gasteiger partial charge in [-0.25, -0.2) is 16.8 Å². The molecule has 2 saturated heterocycles. The second-order valence-corrected chi connectivity index (χ2v) is 23.9. The SMILES string of the molecule is CC(C)[C@H](C(=O)O)N(CCOCCN1CCN(C(=O)c2cccc(C(=O)N3CCN(CCOCCN([C@@H](C(=O)O)C(C)C)S(=O)(=O)c4ccc(-c5ccccc5)cc4)CC3)c2)CC1)S(=O)(=O)c1ccc(-c2ccccc2)cc1. The highest BCUT2D eigenvalue weighted by Crippen LogP contribution is 2.28. The zero-order valence-electron chi connectivity index (χ0n) is 44.8. The fourth-order valence-corrected chi connectivity index (χ4v) is 13.3. The van der Waals surface area contributed by atoms with Gasteiger partial charge >= 0.3 is 11.9 Å². The first-order valence-corrected chi connectivity index (χ1v) is 29.3. The first-order chi connectivity index (χ1) is 37.4. The third-order valence-corrected chi connectivity index (χ3v) is 18.0. The van der Waals surface area contributed by atoms with Gasteiger partial charge in [-0.2, -0.15) is 8.61 Å². The van der Waals surface area contributed by atoms with E-state index < -0.39 is 55.9 Å². The van der Waals surface area contributed by atoms with Crippen LogP contribution in [0.2, 0.25) is 0 Å². The van der Waals surface area contributed by atoms with Gasteiger partial charge in [-0.1, -0.05) is 119 Å². The number of aliphatic carboxylic acids is 2. The van der Waals surface area contributed by atoms with Crippen LogP contribution in [0.15, 0.2) is 143 Å². The number of amides is 2. The van der Waals surface area contributed by atoms with Crippen molar-refractivity contribution >= 4 is 43.8 Å². The summed E-state index contributed by atoms with van der Waals surface area (Å²) in [6.07, 6.45) is 0. The maximum Gasteiger partial charge on any atom is 0.322 e. The second-order valence-electron chi connectivity index (χ2n) is 20.1. The van der Waals surface area contributed by atoms with Crippen molar-refractivity contribution in [2.75, 3.05) is 105 Å². The predicted octanol–water partition coefficient (Wildman–Crippen LogP) is 6.17. The molecule has 0 radical (unpaired) electrons. The summed E-state index contributed by atoms with van der Waals surface area (Å²) in [5.41, 5.74) is 4.35. The van der Waals surface area contributed by atoms with Gasteiger partial charge in [0, 0.05) is 89.7 Å². The maximum atomic E-state index is 14.0. The summed E-state index contributed by atoms with van der Waals surface area (Å²) in [5.74, 6) is -3.86. The number of carboxylic acids is 2. The number of carbonyl (C=O) groups is 4. The summed E-state index contributed by atoms with van der Waals surface area (Å²) >= 11 is 0. The molecule has 0 aliphatic carbocycles. The Hall–Kier alpha value is -6.36. The molecule has 2 atom stereocenters. The van der Waals surface area contributed by atoms with Gasteiger partial charge in [0.05, 0.1) is 36.2 Å². The van der Waals surface area contributed by atoms with Crippen LogP contribution >= 0.6 is 0 Å². The zero-order chi connectivity index (χ0) is 56.0. The average Bonchev–Trinajstić information content (AvgIpc) is 3.47. The van der Waals surface area contributed by atoms with Crippen molar-refractivity contribution in [2.24, 2.45) is 11.8 Å². The van der Waals surface area contributed by atoms with E-state index in [-0.39, 0.29) is 61.1 Å². The minimum atomic E-state index is -4.20. The number of sulfonamides is 2. The van der Waals surface area contributed by atoms with Crippen LogP contribution in [0.3, 0.4) is 0 Å². The third-order valence-electron chi connectivity index (χ3n) is 14.2. The van der Waals surface area contributed by atoms with Gasteiger partial charge < -0.3 is 29.5 Å². The molecule has 0 unspecified atom stereocenters. The van der Waals surface area contributed by atoms with Crippen molar-refractivity contribution in [2.45, 2.75) is 49.6 Å². The van der Waals surface area contributed by atoms with Crippen molar-refractivity contribution in [3.8, 4) is 22.3 Å². The fraction of sp³-hybridized carbons (Fsp3) is 0.414. The van der Waals surface area contributed by atoms with Crippen molar-refractivity contribution in [3.05, 3.63) is 145 Å². The molecule has 18 nitrogen and oxygen atoms in total. The number of carboxylic acid groups (broad SMARTS) is 2. The molecule has 78 heavy (non-hydrogen) atoms. The summed E-state index contributed by atoms with van der Waals surface area (Å²) < 4.78 is 69.7. The van der Waals surface area contributed by atoms with Gasteiger partial charge in [0.1, 0.15) is 12.1 Å². The molecule has 2 amide bonds. The summed E-state index contributed by atoms with van der Waals surface area (Å²) in [6, 6.07) is 36.1. The third kappa shape index (κ3) is 15.1. The Labute approximate surface area is 458 Å². The van der Waals surface area contributed by atoms with E-state index in [0.29, 0.717) is 76.6 Å². The van der Waals surface area contributed by atoms with E-state index in [2.05, 4.69) is 9.80 Å². The van der Waals surface area contributed by atoms with E-state index in [1.54, 1.807) is 86.0 Å². The van der Waals surface area contributed by atoms with Crippen molar-refractivity contribution in [3.63, 3.8) is 0 Å². The molecule has 2 heterocycles. The molecule has 418 valence electrons. The van der Waals surface area contributed by atoms with E-state index >= 15 is 0 Å². The van der Waals surface area contributed by atoms with E-state index in [4.69, 9.17) is 9.47 Å². The Morgan fingerprint density at radius 1 is 0.462 bits per heavy atom. The molecule has 20 heteroatoms. The van der Waals surface area contributed by atoms with E-state index in [1.807, 2.05) is 60.7 Å². The van der Waals surface area contributed by atoms with Crippen molar-refractivity contribution in [1.82, 2.24) is 28.2 Å². The molecular weight excluding hydrogens is 1040 g/mol. The van der Waals surface area contributed by atoms with Crippen LogP contribution in [0.5, 0.6) is 0 Å². The quantitative estimate of drug-likeness (QED) is 0.0593. The number of benzene rings is 5. The standard InChI is InChI=1S/C58H72N6O12S2/c1-43(2)53(57(67)68)63(77(71,72)51-22-18-47(19-23-51)45-12-7-5-8-13-45)36-40-75-38-34-59-26-30-61(31-27-59)55(65)49-16-11-17-50(42-49)56(66)62-32-28-60(29-33-62)35-39-76-41-37-64(54(44(3)4)58(69)70)78(73,74)52-24-20-48(21-25-52)46-14-9-6-10-15-46/h5-25,42-44,53-54H,26-41H2,1-4H3,(H,67,68)(H,69,70)/t53-,54-/m1/s1. The van der Waals surface area contributed by atoms with Crippen LogP contribution in [0.1, 0.15) is 48.4 Å². The number of ether oxygens (including phenoxy) is 2. The highest BCUT2D eigenvalue weighted by atomic mass is 32.2. The Kier molecular flexibility index (Phi) is 20.9. The highest BCUT2D eigenvalue weighted by Gasteiger charge is 2.39. The largest absolute Gasteiger partial charge is 0.480 e. The van der Waals surface area contributed by atoms with Crippen molar-refractivity contribution < 1.29 is 55.7 Å². The molecule has 0 saturated carbocycles. The average molecular weight is 1110 g/mol. The monoisotopic (exact) mass is 1110 g/mol. The van der Waals surface area contributed by atoms with Crippen LogP contribution in [0.4, 0.5) is 0 Å². The molecule has 0 bridgehead atoms. The van der Waals surface area contributed by atoms with Gasteiger partial charge in [-0.15, -0.1) is 0 Å². The molecule has 7 rings (SSSR count). The van der Waals surface area contributed by atoms with E-state index in [1.165, 1.54) is 24.3 Å². The van der Waals surface area contributed by atoms with Crippen LogP contribution in [0.25, 0.3) is 22.3 Å². The van der Waals surface area contributed by atoms with Gasteiger partial charge in [0.25, 0.3) is 11.8 Å². The van der Waals surface area contributed by atoms with Crippen LogP contribution in [-0.2, 0) is 39.1 Å². The molecule has 5 aromatic carbocycles. The lowest BCUT2D eigenvalue weighted by molar-refractivity contribution is -0.144. The molecule has 0 spiro atoms. The highest BCUT2D eigenvalue weighted by molar-refractivity contribution is 7.89.